The second-order valence-electron chi connectivity index (χ2n) is 3.79. The van der Waals surface area contributed by atoms with E-state index in [1.807, 2.05) is 30.3 Å². The summed E-state index contributed by atoms with van der Waals surface area (Å²) < 4.78 is 13.3. The van der Waals surface area contributed by atoms with Crippen LogP contribution in [-0.4, -0.2) is 11.7 Å². The average molecular weight is 231 g/mol. The van der Waals surface area contributed by atoms with Crippen LogP contribution in [0.4, 0.5) is 10.1 Å². The largest absolute Gasteiger partial charge is 0.387 e. The van der Waals surface area contributed by atoms with E-state index in [9.17, 15) is 9.50 Å². The van der Waals surface area contributed by atoms with Crippen LogP contribution in [0.5, 0.6) is 0 Å². The lowest BCUT2D eigenvalue weighted by atomic mass is 10.1. The summed E-state index contributed by atoms with van der Waals surface area (Å²) in [6.45, 7) is 0.283. The van der Waals surface area contributed by atoms with Crippen molar-refractivity contribution >= 4 is 5.69 Å². The lowest BCUT2D eigenvalue weighted by Crippen LogP contribution is -2.12. The van der Waals surface area contributed by atoms with Crippen LogP contribution in [0.25, 0.3) is 0 Å². The Hall–Kier alpha value is -1.87. The van der Waals surface area contributed by atoms with E-state index in [1.165, 1.54) is 6.07 Å². The Morgan fingerprint density at radius 1 is 1.00 bits per heavy atom. The highest BCUT2D eigenvalue weighted by atomic mass is 19.1. The molecule has 0 aliphatic rings. The molecule has 2 N–H and O–H groups in total. The van der Waals surface area contributed by atoms with Crippen molar-refractivity contribution in [3.63, 3.8) is 0 Å². The molecule has 0 aliphatic heterocycles. The maximum Gasteiger partial charge on any atom is 0.146 e. The Morgan fingerprint density at radius 2 is 1.65 bits per heavy atom. The molecule has 17 heavy (non-hydrogen) atoms. The van der Waals surface area contributed by atoms with Crippen molar-refractivity contribution in [2.24, 2.45) is 0 Å². The van der Waals surface area contributed by atoms with Crippen molar-refractivity contribution in [1.29, 1.82) is 0 Å². The number of anilines is 1. The highest BCUT2D eigenvalue weighted by Crippen LogP contribution is 2.16. The van der Waals surface area contributed by atoms with Gasteiger partial charge in [-0.2, -0.15) is 0 Å². The van der Waals surface area contributed by atoms with Gasteiger partial charge in [0.1, 0.15) is 5.82 Å². The van der Waals surface area contributed by atoms with Gasteiger partial charge in [0.25, 0.3) is 0 Å². The molecule has 0 spiro atoms. The summed E-state index contributed by atoms with van der Waals surface area (Å²) in [6.07, 6.45) is -0.643. The fraction of sp³-hybridized carbons (Fsp3) is 0.143. The lowest BCUT2D eigenvalue weighted by molar-refractivity contribution is 0.191. The van der Waals surface area contributed by atoms with E-state index in [-0.39, 0.29) is 12.4 Å². The molecule has 0 aliphatic carbocycles. The third-order valence-electron chi connectivity index (χ3n) is 2.54. The molecule has 2 aromatic carbocycles. The zero-order valence-electron chi connectivity index (χ0n) is 9.31. The Kier molecular flexibility index (Phi) is 3.73. The molecule has 2 nitrogen and oxygen atoms in total. The third-order valence-corrected chi connectivity index (χ3v) is 2.54. The Bertz CT molecular complexity index is 473. The lowest BCUT2D eigenvalue weighted by Gasteiger charge is -2.13. The summed E-state index contributed by atoms with van der Waals surface area (Å²) in [4.78, 5) is 0. The van der Waals surface area contributed by atoms with Crippen LogP contribution >= 0.6 is 0 Å². The Labute approximate surface area is 99.7 Å². The van der Waals surface area contributed by atoms with Crippen molar-refractivity contribution in [3.8, 4) is 0 Å². The minimum Gasteiger partial charge on any atom is -0.387 e. The van der Waals surface area contributed by atoms with E-state index in [2.05, 4.69) is 5.32 Å². The zero-order valence-corrected chi connectivity index (χ0v) is 9.31. The summed E-state index contributed by atoms with van der Waals surface area (Å²) in [7, 11) is 0. The molecule has 88 valence electrons. The molecule has 2 rings (SSSR count). The molecule has 0 amide bonds. The van der Waals surface area contributed by atoms with Crippen LogP contribution in [0.2, 0.25) is 0 Å². The first-order chi connectivity index (χ1) is 8.27. The van der Waals surface area contributed by atoms with Crippen LogP contribution < -0.4 is 5.32 Å². The van der Waals surface area contributed by atoms with Gasteiger partial charge >= 0.3 is 0 Å². The Balaban J connectivity index is 1.97. The van der Waals surface area contributed by atoms with Crippen LogP contribution in [0.15, 0.2) is 54.6 Å². The van der Waals surface area contributed by atoms with Gasteiger partial charge in [-0.25, -0.2) is 4.39 Å². The molecule has 1 unspecified atom stereocenters. The molecular weight excluding hydrogens is 217 g/mol. The van der Waals surface area contributed by atoms with Gasteiger partial charge < -0.3 is 10.4 Å². The van der Waals surface area contributed by atoms with Crippen LogP contribution in [0, 0.1) is 5.82 Å². The molecule has 0 saturated heterocycles. The highest BCUT2D eigenvalue weighted by molar-refractivity contribution is 5.44. The summed E-state index contributed by atoms with van der Waals surface area (Å²) in [5, 5.41) is 12.8. The van der Waals surface area contributed by atoms with Gasteiger partial charge in [0.05, 0.1) is 11.8 Å². The van der Waals surface area contributed by atoms with E-state index in [1.54, 1.807) is 18.2 Å². The second kappa shape index (κ2) is 5.46. The molecule has 0 radical (unpaired) electrons. The molecule has 0 heterocycles. The normalized spacial score (nSPS) is 12.1. The quantitative estimate of drug-likeness (QED) is 0.847. The van der Waals surface area contributed by atoms with Gasteiger partial charge in [0.15, 0.2) is 0 Å². The number of halogens is 1. The SMILES string of the molecule is OC(CNc1ccccc1F)c1ccccc1. The maximum atomic E-state index is 13.3. The average Bonchev–Trinajstić information content (AvgIpc) is 2.38. The number of hydrogen-bond acceptors (Lipinski definition) is 2. The third kappa shape index (κ3) is 3.04. The fourth-order valence-corrected chi connectivity index (χ4v) is 1.60. The van der Waals surface area contributed by atoms with Gasteiger partial charge in [-0.15, -0.1) is 0 Å². The summed E-state index contributed by atoms with van der Waals surface area (Å²) in [5.41, 5.74) is 1.22. The smallest absolute Gasteiger partial charge is 0.146 e. The van der Waals surface area contributed by atoms with Crippen LogP contribution in [0.3, 0.4) is 0 Å². The van der Waals surface area contributed by atoms with Gasteiger partial charge in [-0.1, -0.05) is 42.5 Å². The van der Waals surface area contributed by atoms with E-state index < -0.39 is 6.10 Å². The first-order valence-corrected chi connectivity index (χ1v) is 5.49. The minimum atomic E-state index is -0.643. The van der Waals surface area contributed by atoms with Crippen molar-refractivity contribution < 1.29 is 9.50 Å². The fourth-order valence-electron chi connectivity index (χ4n) is 1.60. The number of benzene rings is 2. The van der Waals surface area contributed by atoms with Crippen molar-refractivity contribution in [1.82, 2.24) is 0 Å². The van der Waals surface area contributed by atoms with Crippen LogP contribution in [0.1, 0.15) is 11.7 Å². The topological polar surface area (TPSA) is 32.3 Å². The molecule has 0 bridgehead atoms. The van der Waals surface area contributed by atoms with Crippen LogP contribution in [-0.2, 0) is 0 Å². The predicted molar refractivity (Wildman–Crippen MR) is 66.3 cm³/mol. The van der Waals surface area contributed by atoms with E-state index in [0.717, 1.165) is 5.56 Å². The van der Waals surface area contributed by atoms with E-state index >= 15 is 0 Å². The maximum absolute atomic E-state index is 13.3. The monoisotopic (exact) mass is 231 g/mol. The van der Waals surface area contributed by atoms with Crippen molar-refractivity contribution in [2.75, 3.05) is 11.9 Å². The minimum absolute atomic E-state index is 0.283. The molecule has 3 heteroatoms. The van der Waals surface area contributed by atoms with Crippen molar-refractivity contribution in [3.05, 3.63) is 66.0 Å². The molecule has 0 fully saturated rings. The van der Waals surface area contributed by atoms with Gasteiger partial charge in [-0.05, 0) is 17.7 Å². The summed E-state index contributed by atoms with van der Waals surface area (Å²) >= 11 is 0. The molecule has 2 aromatic rings. The van der Waals surface area contributed by atoms with E-state index in [4.69, 9.17) is 0 Å². The highest BCUT2D eigenvalue weighted by Gasteiger charge is 2.07. The Morgan fingerprint density at radius 3 is 2.35 bits per heavy atom. The first kappa shape index (κ1) is 11.6. The molecule has 0 aromatic heterocycles. The molecule has 1 atom stereocenters. The van der Waals surface area contributed by atoms with Gasteiger partial charge in [0.2, 0.25) is 0 Å². The van der Waals surface area contributed by atoms with Gasteiger partial charge in [-0.3, -0.25) is 0 Å². The molecular formula is C14H14FNO. The van der Waals surface area contributed by atoms with Gasteiger partial charge in [0, 0.05) is 6.54 Å². The summed E-state index contributed by atoms with van der Waals surface area (Å²) in [5.74, 6) is -0.312. The number of aliphatic hydroxyl groups is 1. The summed E-state index contributed by atoms with van der Waals surface area (Å²) in [6, 6.07) is 15.7. The zero-order chi connectivity index (χ0) is 12.1. The number of aliphatic hydroxyl groups excluding tert-OH is 1. The number of hydrogen-bond donors (Lipinski definition) is 2. The first-order valence-electron chi connectivity index (χ1n) is 5.49. The van der Waals surface area contributed by atoms with Crippen molar-refractivity contribution in [2.45, 2.75) is 6.10 Å². The second-order valence-corrected chi connectivity index (χ2v) is 3.79. The predicted octanol–water partition coefficient (Wildman–Crippen LogP) is 2.97. The molecule has 0 saturated carbocycles. The number of para-hydroxylation sites is 1. The number of rotatable bonds is 4. The van der Waals surface area contributed by atoms with E-state index in [0.29, 0.717) is 5.69 Å². The number of nitrogens with one attached hydrogen (secondary N) is 1. The standard InChI is InChI=1S/C14H14FNO/c15-12-8-4-5-9-13(12)16-10-14(17)11-6-2-1-3-7-11/h1-9,14,16-17H,10H2.